The third kappa shape index (κ3) is 3.31. The van der Waals surface area contributed by atoms with Crippen molar-refractivity contribution in [3.05, 3.63) is 35.6 Å². The van der Waals surface area contributed by atoms with E-state index in [2.05, 4.69) is 0 Å². The normalized spacial score (nSPS) is 11.0. The standard InChI is InChI=1S/C12H14O4/c1-3-16-12(14)11(15-2)8-9-4-6-10(13)7-5-9/h4-8,13H,3H2,1-2H3. The summed E-state index contributed by atoms with van der Waals surface area (Å²) in [6.45, 7) is 2.03. The Balaban J connectivity index is 2.87. The highest BCUT2D eigenvalue weighted by molar-refractivity contribution is 5.91. The molecule has 0 aliphatic carbocycles. The molecule has 0 amide bonds. The maximum atomic E-state index is 11.4. The number of ether oxygens (including phenoxy) is 2. The van der Waals surface area contributed by atoms with Crippen molar-refractivity contribution in [1.29, 1.82) is 0 Å². The maximum absolute atomic E-state index is 11.4. The Kier molecular flexibility index (Phi) is 4.39. The smallest absolute Gasteiger partial charge is 0.373 e. The third-order valence-electron chi connectivity index (χ3n) is 1.89. The summed E-state index contributed by atoms with van der Waals surface area (Å²) >= 11 is 0. The van der Waals surface area contributed by atoms with Crippen LogP contribution in [0.3, 0.4) is 0 Å². The fourth-order valence-electron chi connectivity index (χ4n) is 1.13. The average molecular weight is 222 g/mol. The molecule has 0 radical (unpaired) electrons. The second-order valence-corrected chi connectivity index (χ2v) is 3.02. The summed E-state index contributed by atoms with van der Waals surface area (Å²) in [7, 11) is 1.41. The Labute approximate surface area is 94.1 Å². The van der Waals surface area contributed by atoms with Gasteiger partial charge in [0.15, 0.2) is 0 Å². The lowest BCUT2D eigenvalue weighted by atomic mass is 10.2. The number of benzene rings is 1. The van der Waals surface area contributed by atoms with Gasteiger partial charge in [-0.2, -0.15) is 0 Å². The molecule has 0 saturated heterocycles. The van der Waals surface area contributed by atoms with Crippen LogP contribution < -0.4 is 0 Å². The highest BCUT2D eigenvalue weighted by Crippen LogP contribution is 2.13. The molecule has 0 heterocycles. The van der Waals surface area contributed by atoms with Crippen molar-refractivity contribution in [3.8, 4) is 5.75 Å². The number of carbonyl (C=O) groups is 1. The van der Waals surface area contributed by atoms with E-state index in [0.29, 0.717) is 6.61 Å². The first kappa shape index (κ1) is 12.1. The van der Waals surface area contributed by atoms with Gasteiger partial charge in [0.25, 0.3) is 0 Å². The number of esters is 1. The van der Waals surface area contributed by atoms with Crippen molar-refractivity contribution < 1.29 is 19.4 Å². The van der Waals surface area contributed by atoms with Gasteiger partial charge in [0.1, 0.15) is 5.75 Å². The molecule has 0 saturated carbocycles. The Hall–Kier alpha value is -1.97. The molecule has 0 aromatic heterocycles. The maximum Gasteiger partial charge on any atom is 0.373 e. The largest absolute Gasteiger partial charge is 0.508 e. The fraction of sp³-hybridized carbons (Fsp3) is 0.250. The zero-order valence-electron chi connectivity index (χ0n) is 9.27. The molecule has 0 atom stereocenters. The van der Waals surface area contributed by atoms with Crippen molar-refractivity contribution in [1.82, 2.24) is 0 Å². The molecule has 0 unspecified atom stereocenters. The number of rotatable bonds is 4. The van der Waals surface area contributed by atoms with Gasteiger partial charge in [-0.3, -0.25) is 0 Å². The van der Waals surface area contributed by atoms with Crippen molar-refractivity contribution >= 4 is 12.0 Å². The Morgan fingerprint density at radius 1 is 1.38 bits per heavy atom. The number of carbonyl (C=O) groups excluding carboxylic acids is 1. The number of methoxy groups -OCH3 is 1. The van der Waals surface area contributed by atoms with Crippen LogP contribution in [0.5, 0.6) is 5.75 Å². The van der Waals surface area contributed by atoms with Gasteiger partial charge in [0, 0.05) is 0 Å². The van der Waals surface area contributed by atoms with Gasteiger partial charge < -0.3 is 14.6 Å². The monoisotopic (exact) mass is 222 g/mol. The molecule has 1 aromatic rings. The summed E-state index contributed by atoms with van der Waals surface area (Å²) in [5, 5.41) is 9.10. The fourth-order valence-corrected chi connectivity index (χ4v) is 1.13. The lowest BCUT2D eigenvalue weighted by molar-refractivity contribution is -0.141. The van der Waals surface area contributed by atoms with Gasteiger partial charge in [-0.05, 0) is 30.7 Å². The van der Waals surface area contributed by atoms with E-state index < -0.39 is 5.97 Å². The van der Waals surface area contributed by atoms with E-state index >= 15 is 0 Å². The van der Waals surface area contributed by atoms with E-state index in [9.17, 15) is 4.79 Å². The number of aromatic hydroxyl groups is 1. The van der Waals surface area contributed by atoms with Gasteiger partial charge >= 0.3 is 5.97 Å². The molecular weight excluding hydrogens is 208 g/mol. The first-order valence-corrected chi connectivity index (χ1v) is 4.89. The number of hydrogen-bond donors (Lipinski definition) is 1. The molecule has 4 nitrogen and oxygen atoms in total. The molecule has 0 aliphatic heterocycles. The van der Waals surface area contributed by atoms with Gasteiger partial charge in [-0.25, -0.2) is 4.79 Å². The molecule has 1 aromatic carbocycles. The molecule has 1 rings (SSSR count). The summed E-state index contributed by atoms with van der Waals surface area (Å²) < 4.78 is 9.73. The minimum Gasteiger partial charge on any atom is -0.508 e. The minimum absolute atomic E-state index is 0.132. The second-order valence-electron chi connectivity index (χ2n) is 3.02. The predicted molar refractivity (Wildman–Crippen MR) is 59.7 cm³/mol. The molecule has 4 heteroatoms. The van der Waals surface area contributed by atoms with Crippen molar-refractivity contribution in [2.24, 2.45) is 0 Å². The van der Waals surface area contributed by atoms with Crippen LogP contribution in [0.15, 0.2) is 30.0 Å². The molecule has 0 aliphatic rings. The molecule has 16 heavy (non-hydrogen) atoms. The van der Waals surface area contributed by atoms with E-state index in [0.717, 1.165) is 5.56 Å². The zero-order valence-corrected chi connectivity index (χ0v) is 9.27. The van der Waals surface area contributed by atoms with Gasteiger partial charge in [-0.15, -0.1) is 0 Å². The highest BCUT2D eigenvalue weighted by atomic mass is 16.6. The van der Waals surface area contributed by atoms with Crippen LogP contribution in [0.25, 0.3) is 6.08 Å². The van der Waals surface area contributed by atoms with Crippen LogP contribution in [0.1, 0.15) is 12.5 Å². The van der Waals surface area contributed by atoms with Gasteiger partial charge in [0.2, 0.25) is 5.76 Å². The molecule has 0 fully saturated rings. The van der Waals surface area contributed by atoms with Crippen LogP contribution in [-0.4, -0.2) is 24.8 Å². The Morgan fingerprint density at radius 3 is 2.50 bits per heavy atom. The lowest BCUT2D eigenvalue weighted by Crippen LogP contribution is -2.08. The average Bonchev–Trinajstić information content (AvgIpc) is 2.28. The zero-order chi connectivity index (χ0) is 12.0. The summed E-state index contributed by atoms with van der Waals surface area (Å²) in [5.74, 6) is -0.196. The molecule has 0 bridgehead atoms. The Morgan fingerprint density at radius 2 is 2.00 bits per heavy atom. The van der Waals surface area contributed by atoms with E-state index in [-0.39, 0.29) is 11.5 Å². The van der Waals surface area contributed by atoms with Gasteiger partial charge in [0.05, 0.1) is 13.7 Å². The first-order chi connectivity index (χ1) is 7.67. The first-order valence-electron chi connectivity index (χ1n) is 4.89. The number of hydrogen-bond acceptors (Lipinski definition) is 4. The van der Waals surface area contributed by atoms with Gasteiger partial charge in [-0.1, -0.05) is 12.1 Å². The molecule has 1 N–H and O–H groups in total. The van der Waals surface area contributed by atoms with Crippen LogP contribution in [0, 0.1) is 0 Å². The summed E-state index contributed by atoms with van der Waals surface area (Å²) in [6, 6.07) is 6.41. The van der Waals surface area contributed by atoms with Crippen LogP contribution in [0.4, 0.5) is 0 Å². The van der Waals surface area contributed by atoms with Crippen LogP contribution in [0.2, 0.25) is 0 Å². The number of phenolic OH excluding ortho intramolecular Hbond substituents is 1. The second kappa shape index (κ2) is 5.80. The van der Waals surface area contributed by atoms with Crippen molar-refractivity contribution in [2.45, 2.75) is 6.92 Å². The van der Waals surface area contributed by atoms with E-state index in [4.69, 9.17) is 14.6 Å². The highest BCUT2D eigenvalue weighted by Gasteiger charge is 2.10. The summed E-state index contributed by atoms with van der Waals surface area (Å²) in [5.41, 5.74) is 0.753. The molecule has 86 valence electrons. The predicted octanol–water partition coefficient (Wildman–Crippen LogP) is 1.94. The topological polar surface area (TPSA) is 55.8 Å². The van der Waals surface area contributed by atoms with Crippen LogP contribution >= 0.6 is 0 Å². The van der Waals surface area contributed by atoms with Crippen LogP contribution in [-0.2, 0) is 14.3 Å². The SMILES string of the molecule is CCOC(=O)C(=Cc1ccc(O)cc1)OC. The van der Waals surface area contributed by atoms with Crippen molar-refractivity contribution in [3.63, 3.8) is 0 Å². The number of phenols is 1. The summed E-state index contributed by atoms with van der Waals surface area (Å²) in [6.07, 6.45) is 1.55. The van der Waals surface area contributed by atoms with E-state index in [1.54, 1.807) is 25.1 Å². The van der Waals surface area contributed by atoms with E-state index in [1.165, 1.54) is 19.2 Å². The molecule has 0 spiro atoms. The molecular formula is C12H14O4. The Bertz CT molecular complexity index is 379. The third-order valence-corrected chi connectivity index (χ3v) is 1.89. The van der Waals surface area contributed by atoms with E-state index in [1.807, 2.05) is 0 Å². The lowest BCUT2D eigenvalue weighted by Gasteiger charge is -2.05. The van der Waals surface area contributed by atoms with Crippen molar-refractivity contribution in [2.75, 3.05) is 13.7 Å². The minimum atomic E-state index is -0.502. The quantitative estimate of drug-likeness (QED) is 0.480. The summed E-state index contributed by atoms with van der Waals surface area (Å²) in [4.78, 5) is 11.4.